The lowest BCUT2D eigenvalue weighted by atomic mass is 9.81. The maximum absolute atomic E-state index is 13.0. The van der Waals surface area contributed by atoms with E-state index < -0.39 is 0 Å². The third-order valence-corrected chi connectivity index (χ3v) is 6.44. The summed E-state index contributed by atoms with van der Waals surface area (Å²) in [4.78, 5) is 15.1. The second kappa shape index (κ2) is 7.05. The van der Waals surface area contributed by atoms with Gasteiger partial charge in [-0.2, -0.15) is 0 Å². The maximum atomic E-state index is 13.0. The molecule has 1 aromatic carbocycles. The van der Waals surface area contributed by atoms with Crippen molar-refractivity contribution in [3.05, 3.63) is 29.8 Å². The van der Waals surface area contributed by atoms with Crippen molar-refractivity contribution in [1.82, 2.24) is 0 Å². The van der Waals surface area contributed by atoms with Gasteiger partial charge in [-0.25, -0.2) is 0 Å². The first-order valence-electron chi connectivity index (χ1n) is 9.33. The number of para-hydroxylation sites is 1. The van der Waals surface area contributed by atoms with Crippen molar-refractivity contribution in [2.45, 2.75) is 69.2 Å². The summed E-state index contributed by atoms with van der Waals surface area (Å²) < 4.78 is 0. The lowest BCUT2D eigenvalue weighted by molar-refractivity contribution is -0.119. The third-order valence-electron chi connectivity index (χ3n) is 6.44. The predicted octanol–water partition coefficient (Wildman–Crippen LogP) is 4.17. The van der Waals surface area contributed by atoms with E-state index in [0.29, 0.717) is 24.3 Å². The van der Waals surface area contributed by atoms with Crippen LogP contribution >= 0.6 is 12.4 Å². The molecule has 0 radical (unpaired) electrons. The average Bonchev–Trinajstić information content (AvgIpc) is 3.17. The molecule has 0 unspecified atom stereocenters. The summed E-state index contributed by atoms with van der Waals surface area (Å²) in [6, 6.07) is 8.97. The van der Waals surface area contributed by atoms with Crippen LogP contribution in [-0.4, -0.2) is 18.5 Å². The third kappa shape index (κ3) is 3.09. The van der Waals surface area contributed by atoms with Gasteiger partial charge in [-0.05, 0) is 56.1 Å². The number of nitrogens with two attached hydrogens (primary N) is 1. The molecule has 132 valence electrons. The Labute approximate surface area is 151 Å². The number of carbonyl (C=O) groups excluding carboxylic acids is 1. The molecule has 1 heterocycles. The van der Waals surface area contributed by atoms with E-state index in [1.54, 1.807) is 0 Å². The van der Waals surface area contributed by atoms with Crippen molar-refractivity contribution < 1.29 is 4.79 Å². The highest BCUT2D eigenvalue weighted by Crippen LogP contribution is 2.50. The van der Waals surface area contributed by atoms with Crippen LogP contribution in [0.5, 0.6) is 0 Å². The second-order valence-electron chi connectivity index (χ2n) is 7.97. The van der Waals surface area contributed by atoms with Gasteiger partial charge in [0, 0.05) is 30.1 Å². The van der Waals surface area contributed by atoms with Crippen molar-refractivity contribution in [1.29, 1.82) is 0 Å². The SMILES string of the molecule is Cl.NC1CCC(CC(=O)N2CC3(CCCC3)c3ccccc32)CC1. The van der Waals surface area contributed by atoms with Crippen LogP contribution in [0.15, 0.2) is 24.3 Å². The number of amides is 1. The Hall–Kier alpha value is -1.06. The minimum Gasteiger partial charge on any atom is -0.328 e. The molecule has 2 N–H and O–H groups in total. The average molecular weight is 349 g/mol. The fraction of sp³-hybridized carbons (Fsp3) is 0.650. The van der Waals surface area contributed by atoms with Crippen LogP contribution in [0.2, 0.25) is 0 Å². The predicted molar refractivity (Wildman–Crippen MR) is 101 cm³/mol. The van der Waals surface area contributed by atoms with Gasteiger partial charge in [0.25, 0.3) is 0 Å². The number of hydrogen-bond donors (Lipinski definition) is 1. The smallest absolute Gasteiger partial charge is 0.227 e. The molecule has 0 atom stereocenters. The van der Waals surface area contributed by atoms with Crippen LogP contribution in [0.3, 0.4) is 0 Å². The Morgan fingerprint density at radius 1 is 1.12 bits per heavy atom. The summed E-state index contributed by atoms with van der Waals surface area (Å²) in [5, 5.41) is 0. The summed E-state index contributed by atoms with van der Waals surface area (Å²) in [5.74, 6) is 0.872. The van der Waals surface area contributed by atoms with Crippen molar-refractivity contribution in [2.75, 3.05) is 11.4 Å². The van der Waals surface area contributed by atoms with Gasteiger partial charge in [0.1, 0.15) is 0 Å². The minimum absolute atomic E-state index is 0. The molecule has 3 aliphatic rings. The van der Waals surface area contributed by atoms with Crippen molar-refractivity contribution in [3.8, 4) is 0 Å². The number of fused-ring (bicyclic) bond motifs is 2. The Kier molecular flexibility index (Phi) is 5.22. The molecule has 0 aromatic heterocycles. The Balaban J connectivity index is 0.00000169. The summed E-state index contributed by atoms with van der Waals surface area (Å²) in [6.07, 6.45) is 10.2. The van der Waals surface area contributed by atoms with E-state index in [9.17, 15) is 4.79 Å². The van der Waals surface area contributed by atoms with Crippen molar-refractivity contribution in [2.24, 2.45) is 11.7 Å². The Morgan fingerprint density at radius 3 is 2.50 bits per heavy atom. The molecule has 1 aromatic rings. The minimum atomic E-state index is 0. The largest absolute Gasteiger partial charge is 0.328 e. The maximum Gasteiger partial charge on any atom is 0.227 e. The normalized spacial score (nSPS) is 27.8. The van der Waals surface area contributed by atoms with Crippen molar-refractivity contribution in [3.63, 3.8) is 0 Å². The Bertz CT molecular complexity index is 589. The monoisotopic (exact) mass is 348 g/mol. The van der Waals surface area contributed by atoms with Crippen molar-refractivity contribution >= 4 is 24.0 Å². The van der Waals surface area contributed by atoms with E-state index in [0.717, 1.165) is 32.2 Å². The quantitative estimate of drug-likeness (QED) is 0.871. The van der Waals surface area contributed by atoms with Crippen LogP contribution in [-0.2, 0) is 10.2 Å². The molecule has 3 nitrogen and oxygen atoms in total. The standard InChI is InChI=1S/C20H28N2O.ClH/c21-16-9-7-15(8-10-16)13-19(23)22-14-20(11-3-4-12-20)17-5-1-2-6-18(17)22;/h1-2,5-6,15-16H,3-4,7-14,21H2;1H. The van der Waals surface area contributed by atoms with Gasteiger partial charge in [-0.15, -0.1) is 12.4 Å². The molecule has 24 heavy (non-hydrogen) atoms. The first kappa shape index (κ1) is 17.8. The molecular weight excluding hydrogens is 320 g/mol. The van der Waals surface area contributed by atoms with E-state index in [2.05, 4.69) is 29.2 Å². The second-order valence-corrected chi connectivity index (χ2v) is 7.97. The molecule has 1 spiro atoms. The molecular formula is C20H29ClN2O. The molecule has 0 saturated heterocycles. The number of rotatable bonds is 2. The van der Waals surface area contributed by atoms with Crippen LogP contribution in [0.4, 0.5) is 5.69 Å². The van der Waals surface area contributed by atoms with E-state index in [1.165, 1.54) is 36.9 Å². The van der Waals surface area contributed by atoms with Gasteiger partial charge in [0.15, 0.2) is 0 Å². The lowest BCUT2D eigenvalue weighted by Gasteiger charge is -2.28. The molecule has 2 saturated carbocycles. The van der Waals surface area contributed by atoms with Gasteiger partial charge >= 0.3 is 0 Å². The highest BCUT2D eigenvalue weighted by Gasteiger charge is 2.46. The van der Waals surface area contributed by atoms with E-state index in [1.807, 2.05) is 0 Å². The van der Waals surface area contributed by atoms with Gasteiger partial charge in [-0.1, -0.05) is 31.0 Å². The van der Waals surface area contributed by atoms with Gasteiger partial charge in [0.2, 0.25) is 5.91 Å². The fourth-order valence-corrected chi connectivity index (χ4v) is 5.08. The van der Waals surface area contributed by atoms with E-state index in [4.69, 9.17) is 5.73 Å². The number of carbonyl (C=O) groups is 1. The highest BCUT2D eigenvalue weighted by atomic mass is 35.5. The van der Waals surface area contributed by atoms with Crippen LogP contribution in [0.1, 0.15) is 63.4 Å². The molecule has 2 aliphatic carbocycles. The van der Waals surface area contributed by atoms with E-state index >= 15 is 0 Å². The van der Waals surface area contributed by atoms with Gasteiger partial charge < -0.3 is 10.6 Å². The fourth-order valence-electron chi connectivity index (χ4n) is 5.08. The van der Waals surface area contributed by atoms with Crippen LogP contribution in [0, 0.1) is 5.92 Å². The topological polar surface area (TPSA) is 46.3 Å². The van der Waals surface area contributed by atoms with E-state index in [-0.39, 0.29) is 17.8 Å². The number of hydrogen-bond acceptors (Lipinski definition) is 2. The first-order chi connectivity index (χ1) is 11.2. The lowest BCUT2D eigenvalue weighted by Crippen LogP contribution is -2.37. The van der Waals surface area contributed by atoms with Crippen LogP contribution in [0.25, 0.3) is 0 Å². The summed E-state index contributed by atoms with van der Waals surface area (Å²) in [5.41, 5.74) is 8.86. The number of halogens is 1. The van der Waals surface area contributed by atoms with Gasteiger partial charge in [-0.3, -0.25) is 4.79 Å². The summed E-state index contributed by atoms with van der Waals surface area (Å²) >= 11 is 0. The Morgan fingerprint density at radius 2 is 1.79 bits per heavy atom. The molecule has 4 heteroatoms. The zero-order valence-corrected chi connectivity index (χ0v) is 15.2. The summed E-state index contributed by atoms with van der Waals surface area (Å²) in [6.45, 7) is 0.914. The highest BCUT2D eigenvalue weighted by molar-refractivity contribution is 5.96. The van der Waals surface area contributed by atoms with Gasteiger partial charge in [0.05, 0.1) is 0 Å². The molecule has 1 amide bonds. The van der Waals surface area contributed by atoms with Crippen LogP contribution < -0.4 is 10.6 Å². The molecule has 1 aliphatic heterocycles. The zero-order chi connectivity index (χ0) is 15.9. The first-order valence-corrected chi connectivity index (χ1v) is 9.33. The summed E-state index contributed by atoms with van der Waals surface area (Å²) in [7, 11) is 0. The molecule has 4 rings (SSSR count). The number of benzene rings is 1. The molecule has 0 bridgehead atoms. The number of anilines is 1. The zero-order valence-electron chi connectivity index (χ0n) is 14.4. The molecule has 2 fully saturated rings. The number of nitrogens with zero attached hydrogens (tertiary/aromatic N) is 1.